The Labute approximate surface area is 160 Å². The fraction of sp³-hybridized carbons (Fsp3) is 0.333. The van der Waals surface area contributed by atoms with Crippen molar-refractivity contribution in [3.05, 3.63) is 72.2 Å². The number of aryl methyl sites for hydroxylation is 1. The molecule has 0 radical (unpaired) electrons. The fourth-order valence-electron chi connectivity index (χ4n) is 4.59. The zero-order valence-corrected chi connectivity index (χ0v) is 16.0. The van der Waals surface area contributed by atoms with Crippen LogP contribution < -0.4 is 0 Å². The van der Waals surface area contributed by atoms with Crippen molar-refractivity contribution in [1.29, 1.82) is 0 Å². The molecule has 3 heterocycles. The maximum Gasteiger partial charge on any atom is 0.0457 e. The molecule has 0 bridgehead atoms. The molecular weight excluding hydrogens is 330 g/mol. The normalized spacial score (nSPS) is 16.5. The lowest BCUT2D eigenvalue weighted by molar-refractivity contribution is 0.206. The van der Waals surface area contributed by atoms with Crippen LogP contribution >= 0.6 is 0 Å². The zero-order chi connectivity index (χ0) is 18.2. The highest BCUT2D eigenvalue weighted by Gasteiger charge is 2.22. The molecule has 0 amide bonds. The molecule has 0 atom stereocenters. The molecule has 1 saturated heterocycles. The summed E-state index contributed by atoms with van der Waals surface area (Å²) in [5.41, 5.74) is 4.14. The van der Waals surface area contributed by atoms with E-state index < -0.39 is 0 Å². The number of rotatable bonds is 4. The van der Waals surface area contributed by atoms with Gasteiger partial charge in [0.05, 0.1) is 0 Å². The molecule has 1 N–H and O–H groups in total. The lowest BCUT2D eigenvalue weighted by Crippen LogP contribution is -2.35. The maximum absolute atomic E-state index is 3.47. The van der Waals surface area contributed by atoms with Crippen LogP contribution in [-0.2, 0) is 6.54 Å². The predicted molar refractivity (Wildman–Crippen MR) is 113 cm³/mol. The van der Waals surface area contributed by atoms with Gasteiger partial charge in [0.15, 0.2) is 0 Å². The molecule has 1 fully saturated rings. The standard InChI is InChI=1S/C24H27N3/c1-18-6-7-24-22(14-18)23(15-25-24)19-8-10-26(11-9-19)12-13-27-16-20-4-2-3-5-21(20)17-27/h2-7,14-17,19,25H,8-13H2,1H3. The van der Waals surface area contributed by atoms with E-state index in [1.54, 1.807) is 0 Å². The number of hydrogen-bond donors (Lipinski definition) is 1. The van der Waals surface area contributed by atoms with Gasteiger partial charge in [-0.3, -0.25) is 0 Å². The highest BCUT2D eigenvalue weighted by molar-refractivity contribution is 5.84. The molecule has 3 nitrogen and oxygen atoms in total. The van der Waals surface area contributed by atoms with Crippen molar-refractivity contribution in [3.8, 4) is 0 Å². The van der Waals surface area contributed by atoms with Gasteiger partial charge in [-0.2, -0.15) is 0 Å². The summed E-state index contributed by atoms with van der Waals surface area (Å²) in [4.78, 5) is 6.09. The van der Waals surface area contributed by atoms with Gasteiger partial charge in [-0.15, -0.1) is 0 Å². The Morgan fingerprint density at radius 2 is 1.70 bits per heavy atom. The first-order valence-electron chi connectivity index (χ1n) is 10.1. The van der Waals surface area contributed by atoms with E-state index in [1.807, 2.05) is 0 Å². The average molecular weight is 358 g/mol. The van der Waals surface area contributed by atoms with Gasteiger partial charge in [0.2, 0.25) is 0 Å². The number of aromatic nitrogens is 2. The molecule has 138 valence electrons. The molecule has 5 rings (SSSR count). The zero-order valence-electron chi connectivity index (χ0n) is 16.0. The van der Waals surface area contributed by atoms with Gasteiger partial charge >= 0.3 is 0 Å². The van der Waals surface area contributed by atoms with E-state index in [9.17, 15) is 0 Å². The van der Waals surface area contributed by atoms with Crippen LogP contribution in [0.25, 0.3) is 21.7 Å². The molecule has 1 aliphatic heterocycles. The molecule has 27 heavy (non-hydrogen) atoms. The minimum absolute atomic E-state index is 0.686. The Morgan fingerprint density at radius 3 is 2.44 bits per heavy atom. The third-order valence-corrected chi connectivity index (χ3v) is 6.18. The van der Waals surface area contributed by atoms with Crippen molar-refractivity contribution in [2.45, 2.75) is 32.2 Å². The molecular formula is C24H27N3. The van der Waals surface area contributed by atoms with Crippen LogP contribution in [0.4, 0.5) is 0 Å². The van der Waals surface area contributed by atoms with Gasteiger partial charge < -0.3 is 14.5 Å². The van der Waals surface area contributed by atoms with E-state index in [1.165, 1.54) is 58.7 Å². The lowest BCUT2D eigenvalue weighted by atomic mass is 9.89. The van der Waals surface area contributed by atoms with Gasteiger partial charge in [-0.1, -0.05) is 35.9 Å². The van der Waals surface area contributed by atoms with Crippen molar-refractivity contribution in [3.63, 3.8) is 0 Å². The topological polar surface area (TPSA) is 24.0 Å². The van der Waals surface area contributed by atoms with Crippen molar-refractivity contribution >= 4 is 21.7 Å². The van der Waals surface area contributed by atoms with E-state index in [0.717, 1.165) is 13.1 Å². The van der Waals surface area contributed by atoms with Crippen molar-refractivity contribution in [2.24, 2.45) is 0 Å². The largest absolute Gasteiger partial charge is 0.361 e. The van der Waals surface area contributed by atoms with Crippen LogP contribution in [0.2, 0.25) is 0 Å². The van der Waals surface area contributed by atoms with Gasteiger partial charge in [0.1, 0.15) is 0 Å². The number of hydrogen-bond acceptors (Lipinski definition) is 1. The highest BCUT2D eigenvalue weighted by Crippen LogP contribution is 2.33. The smallest absolute Gasteiger partial charge is 0.0457 e. The van der Waals surface area contributed by atoms with Crippen LogP contribution in [-0.4, -0.2) is 34.1 Å². The number of piperidine rings is 1. The minimum Gasteiger partial charge on any atom is -0.361 e. The van der Waals surface area contributed by atoms with Gasteiger partial charge in [0.25, 0.3) is 0 Å². The van der Waals surface area contributed by atoms with Crippen molar-refractivity contribution in [2.75, 3.05) is 19.6 Å². The number of aromatic amines is 1. The summed E-state index contributed by atoms with van der Waals surface area (Å²) in [7, 11) is 0. The second-order valence-electron chi connectivity index (χ2n) is 8.03. The van der Waals surface area contributed by atoms with E-state index in [-0.39, 0.29) is 0 Å². The number of nitrogens with zero attached hydrogens (tertiary/aromatic N) is 2. The van der Waals surface area contributed by atoms with Gasteiger partial charge in [-0.05, 0) is 67.2 Å². The first-order chi connectivity index (χ1) is 13.3. The number of H-pyrrole nitrogens is 1. The minimum atomic E-state index is 0.686. The van der Waals surface area contributed by atoms with E-state index in [0.29, 0.717) is 5.92 Å². The summed E-state index contributed by atoms with van der Waals surface area (Å²) < 4.78 is 2.35. The second-order valence-corrected chi connectivity index (χ2v) is 8.03. The third kappa shape index (κ3) is 3.28. The maximum atomic E-state index is 3.47. The quantitative estimate of drug-likeness (QED) is 0.526. The Morgan fingerprint density at radius 1 is 0.963 bits per heavy atom. The Hall–Kier alpha value is -2.52. The third-order valence-electron chi connectivity index (χ3n) is 6.18. The fourth-order valence-corrected chi connectivity index (χ4v) is 4.59. The lowest BCUT2D eigenvalue weighted by Gasteiger charge is -2.32. The number of benzene rings is 2. The molecule has 0 spiro atoms. The SMILES string of the molecule is Cc1ccc2[nH]cc(C3CCN(CCn4cc5ccccc5c4)CC3)c2c1. The van der Waals surface area contributed by atoms with E-state index >= 15 is 0 Å². The molecule has 3 heteroatoms. The van der Waals surface area contributed by atoms with Crippen LogP contribution in [0.15, 0.2) is 61.1 Å². The summed E-state index contributed by atoms with van der Waals surface area (Å²) in [5.74, 6) is 0.686. The van der Waals surface area contributed by atoms with Gasteiger partial charge in [-0.25, -0.2) is 0 Å². The Balaban J connectivity index is 1.21. The molecule has 1 aliphatic rings. The summed E-state index contributed by atoms with van der Waals surface area (Å²) in [5, 5.41) is 4.10. The summed E-state index contributed by atoms with van der Waals surface area (Å²) in [6.45, 7) is 6.80. The van der Waals surface area contributed by atoms with Gasteiger partial charge in [0, 0.05) is 42.6 Å². The number of likely N-dealkylation sites (tertiary alicyclic amines) is 1. The summed E-state index contributed by atoms with van der Waals surface area (Å²) in [6.07, 6.45) is 9.31. The Bertz CT molecular complexity index is 1030. The molecule has 2 aromatic heterocycles. The first kappa shape index (κ1) is 16.6. The average Bonchev–Trinajstić information content (AvgIpc) is 3.30. The van der Waals surface area contributed by atoms with Crippen LogP contribution in [0.1, 0.15) is 29.9 Å². The van der Waals surface area contributed by atoms with Crippen molar-refractivity contribution < 1.29 is 0 Å². The Kier molecular flexibility index (Phi) is 4.25. The number of fused-ring (bicyclic) bond motifs is 2. The summed E-state index contributed by atoms with van der Waals surface area (Å²) in [6, 6.07) is 15.4. The monoisotopic (exact) mass is 357 g/mol. The molecule has 2 aromatic carbocycles. The highest BCUT2D eigenvalue weighted by atomic mass is 15.1. The second kappa shape index (κ2) is 6.90. The van der Waals surface area contributed by atoms with Crippen LogP contribution in [0, 0.1) is 6.92 Å². The first-order valence-corrected chi connectivity index (χ1v) is 10.1. The van der Waals surface area contributed by atoms with E-state index in [4.69, 9.17) is 0 Å². The van der Waals surface area contributed by atoms with Crippen molar-refractivity contribution in [1.82, 2.24) is 14.5 Å². The summed E-state index contributed by atoms with van der Waals surface area (Å²) >= 11 is 0. The molecule has 0 unspecified atom stereocenters. The number of nitrogens with one attached hydrogen (secondary N) is 1. The van der Waals surface area contributed by atoms with Crippen LogP contribution in [0.3, 0.4) is 0 Å². The molecule has 0 aliphatic carbocycles. The van der Waals surface area contributed by atoms with E-state index in [2.05, 4.69) is 82.4 Å². The molecule has 0 saturated carbocycles. The molecule has 4 aromatic rings. The van der Waals surface area contributed by atoms with Crippen LogP contribution in [0.5, 0.6) is 0 Å². The predicted octanol–water partition coefficient (Wildman–Crippen LogP) is 5.31.